The highest BCUT2D eigenvalue weighted by atomic mass is 16.2. The van der Waals surface area contributed by atoms with Gasteiger partial charge in [0.2, 0.25) is 17.7 Å². The molecule has 0 saturated carbocycles. The second-order valence-electron chi connectivity index (χ2n) is 5.36. The summed E-state index contributed by atoms with van der Waals surface area (Å²) in [7, 11) is 0. The molecule has 23 heavy (non-hydrogen) atoms. The van der Waals surface area contributed by atoms with Crippen molar-refractivity contribution in [3.05, 3.63) is 24.3 Å². The number of carbonyl (C=O) groups is 3. The number of anilines is 2. The van der Waals surface area contributed by atoms with Crippen LogP contribution in [0.15, 0.2) is 24.3 Å². The number of carbonyl (C=O) groups excluding carboxylic acids is 3. The minimum absolute atomic E-state index is 0.00218. The van der Waals surface area contributed by atoms with Gasteiger partial charge in [0.05, 0.1) is 0 Å². The van der Waals surface area contributed by atoms with E-state index >= 15 is 0 Å². The summed E-state index contributed by atoms with van der Waals surface area (Å²) in [6.45, 7) is 5.72. The molecule has 1 aromatic rings. The van der Waals surface area contributed by atoms with Gasteiger partial charge < -0.3 is 15.5 Å². The zero-order valence-electron chi connectivity index (χ0n) is 14.0. The molecule has 0 aliphatic rings. The fraction of sp³-hybridized carbons (Fsp3) is 0.471. The van der Waals surface area contributed by atoms with Crippen LogP contribution in [0.5, 0.6) is 0 Å². The lowest BCUT2D eigenvalue weighted by Gasteiger charge is -2.22. The first-order valence-electron chi connectivity index (χ1n) is 7.86. The van der Waals surface area contributed by atoms with E-state index < -0.39 is 0 Å². The van der Waals surface area contributed by atoms with Gasteiger partial charge in [-0.1, -0.05) is 19.4 Å². The van der Waals surface area contributed by atoms with Crippen LogP contribution in [-0.4, -0.2) is 30.8 Å². The molecule has 1 aromatic carbocycles. The largest absolute Gasteiger partial charge is 0.354 e. The van der Waals surface area contributed by atoms with Gasteiger partial charge in [0.1, 0.15) is 0 Å². The zero-order chi connectivity index (χ0) is 17.2. The Balaban J connectivity index is 2.66. The molecule has 0 spiro atoms. The van der Waals surface area contributed by atoms with E-state index in [1.54, 1.807) is 29.2 Å². The molecule has 0 unspecified atom stereocenters. The van der Waals surface area contributed by atoms with Crippen molar-refractivity contribution in [3.63, 3.8) is 0 Å². The van der Waals surface area contributed by atoms with Crippen molar-refractivity contribution >= 4 is 29.1 Å². The molecule has 3 amide bonds. The van der Waals surface area contributed by atoms with Crippen LogP contribution < -0.4 is 15.5 Å². The molecular formula is C17H25N3O3. The molecule has 6 heteroatoms. The van der Waals surface area contributed by atoms with E-state index in [4.69, 9.17) is 0 Å². The van der Waals surface area contributed by atoms with E-state index in [0.29, 0.717) is 30.9 Å². The lowest BCUT2D eigenvalue weighted by molar-refractivity contribution is -0.121. The Bertz CT molecular complexity index is 558. The van der Waals surface area contributed by atoms with Gasteiger partial charge >= 0.3 is 0 Å². The van der Waals surface area contributed by atoms with Crippen molar-refractivity contribution in [2.24, 2.45) is 0 Å². The molecule has 6 nitrogen and oxygen atoms in total. The Labute approximate surface area is 137 Å². The van der Waals surface area contributed by atoms with Crippen LogP contribution in [0.3, 0.4) is 0 Å². The van der Waals surface area contributed by atoms with E-state index in [1.807, 2.05) is 6.92 Å². The van der Waals surface area contributed by atoms with Crippen molar-refractivity contribution in [1.29, 1.82) is 0 Å². The second-order valence-corrected chi connectivity index (χ2v) is 5.36. The van der Waals surface area contributed by atoms with E-state index in [0.717, 1.165) is 12.8 Å². The maximum atomic E-state index is 11.9. The first-order valence-corrected chi connectivity index (χ1v) is 7.86. The number of hydrogen-bond acceptors (Lipinski definition) is 3. The van der Waals surface area contributed by atoms with Gasteiger partial charge in [-0.2, -0.15) is 0 Å². The van der Waals surface area contributed by atoms with Gasteiger partial charge in [0, 0.05) is 44.7 Å². The molecule has 0 fully saturated rings. The van der Waals surface area contributed by atoms with Gasteiger partial charge in [-0.15, -0.1) is 0 Å². The van der Waals surface area contributed by atoms with Crippen LogP contribution in [0.2, 0.25) is 0 Å². The molecule has 0 bridgehead atoms. The Kier molecular flexibility index (Phi) is 7.80. The third-order valence-electron chi connectivity index (χ3n) is 3.27. The molecule has 0 saturated heterocycles. The predicted octanol–water partition coefficient (Wildman–Crippen LogP) is 2.30. The minimum Gasteiger partial charge on any atom is -0.354 e. The van der Waals surface area contributed by atoms with Gasteiger partial charge in [-0.25, -0.2) is 0 Å². The van der Waals surface area contributed by atoms with Crippen LogP contribution in [0, 0.1) is 0 Å². The summed E-state index contributed by atoms with van der Waals surface area (Å²) in [6, 6.07) is 7.07. The van der Waals surface area contributed by atoms with Gasteiger partial charge in [0.25, 0.3) is 0 Å². The quantitative estimate of drug-likeness (QED) is 0.772. The van der Waals surface area contributed by atoms with Crippen molar-refractivity contribution in [3.8, 4) is 0 Å². The van der Waals surface area contributed by atoms with E-state index in [9.17, 15) is 14.4 Å². The average Bonchev–Trinajstić information content (AvgIpc) is 2.48. The highest BCUT2D eigenvalue weighted by Gasteiger charge is 2.12. The molecule has 0 aliphatic heterocycles. The predicted molar refractivity (Wildman–Crippen MR) is 91.3 cm³/mol. The van der Waals surface area contributed by atoms with Crippen LogP contribution in [0.4, 0.5) is 11.4 Å². The van der Waals surface area contributed by atoms with Gasteiger partial charge in [0.15, 0.2) is 0 Å². The Hall–Kier alpha value is -2.37. The van der Waals surface area contributed by atoms with Crippen molar-refractivity contribution in [2.75, 3.05) is 23.3 Å². The Morgan fingerprint density at radius 1 is 1.17 bits per heavy atom. The van der Waals surface area contributed by atoms with Crippen molar-refractivity contribution in [2.45, 2.75) is 40.0 Å². The second kappa shape index (κ2) is 9.61. The normalized spacial score (nSPS) is 10.0. The molecule has 0 aliphatic carbocycles. The summed E-state index contributed by atoms with van der Waals surface area (Å²) in [5.41, 5.74) is 1.32. The monoisotopic (exact) mass is 319 g/mol. The highest BCUT2D eigenvalue weighted by Crippen LogP contribution is 2.19. The first kappa shape index (κ1) is 18.7. The SMILES string of the molecule is CCCCC(=O)NCCN(C(C)=O)c1cccc(NC(C)=O)c1. The third kappa shape index (κ3) is 6.95. The zero-order valence-corrected chi connectivity index (χ0v) is 14.0. The average molecular weight is 319 g/mol. The summed E-state index contributed by atoms with van der Waals surface area (Å²) < 4.78 is 0. The molecule has 0 radical (unpaired) electrons. The highest BCUT2D eigenvalue weighted by molar-refractivity contribution is 5.94. The molecule has 1 rings (SSSR count). The molecule has 0 aromatic heterocycles. The summed E-state index contributed by atoms with van der Waals surface area (Å²) >= 11 is 0. The van der Waals surface area contributed by atoms with Crippen molar-refractivity contribution < 1.29 is 14.4 Å². The van der Waals surface area contributed by atoms with Crippen LogP contribution in [0.1, 0.15) is 40.0 Å². The minimum atomic E-state index is -0.167. The Morgan fingerprint density at radius 3 is 2.52 bits per heavy atom. The number of rotatable bonds is 8. The number of amides is 3. The number of benzene rings is 1. The third-order valence-corrected chi connectivity index (χ3v) is 3.27. The van der Waals surface area contributed by atoms with Crippen molar-refractivity contribution in [1.82, 2.24) is 5.32 Å². The molecule has 2 N–H and O–H groups in total. The molecular weight excluding hydrogens is 294 g/mol. The lowest BCUT2D eigenvalue weighted by atomic mass is 10.2. The number of nitrogens with zero attached hydrogens (tertiary/aromatic N) is 1. The molecule has 0 atom stereocenters. The van der Waals surface area contributed by atoms with E-state index in [-0.39, 0.29) is 17.7 Å². The first-order chi connectivity index (χ1) is 10.9. The van der Waals surface area contributed by atoms with E-state index in [2.05, 4.69) is 10.6 Å². The van der Waals surface area contributed by atoms with E-state index in [1.165, 1.54) is 13.8 Å². The van der Waals surface area contributed by atoms with Gasteiger partial charge in [-0.05, 0) is 24.6 Å². The maximum absolute atomic E-state index is 11.9. The number of hydrogen-bond donors (Lipinski definition) is 2. The Morgan fingerprint density at radius 2 is 1.91 bits per heavy atom. The summed E-state index contributed by atoms with van der Waals surface area (Å²) in [6.07, 6.45) is 2.35. The number of nitrogens with one attached hydrogen (secondary N) is 2. The standard InChI is InChI=1S/C17H25N3O3/c1-4-5-9-17(23)18-10-11-20(14(3)22)16-8-6-7-15(12-16)19-13(2)21/h6-8,12H,4-5,9-11H2,1-3H3,(H,18,23)(H,19,21). The fourth-order valence-corrected chi connectivity index (χ4v) is 2.16. The topological polar surface area (TPSA) is 78.5 Å². The summed E-state index contributed by atoms with van der Waals surface area (Å²) in [4.78, 5) is 36.2. The summed E-state index contributed by atoms with van der Waals surface area (Å²) in [5, 5.41) is 5.51. The van der Waals surface area contributed by atoms with Crippen LogP contribution in [0.25, 0.3) is 0 Å². The van der Waals surface area contributed by atoms with Crippen LogP contribution in [-0.2, 0) is 14.4 Å². The number of unbranched alkanes of at least 4 members (excludes halogenated alkanes) is 1. The smallest absolute Gasteiger partial charge is 0.223 e. The van der Waals surface area contributed by atoms with Gasteiger partial charge in [-0.3, -0.25) is 14.4 Å². The molecule has 0 heterocycles. The van der Waals surface area contributed by atoms with Crippen LogP contribution >= 0.6 is 0 Å². The molecule has 126 valence electrons. The maximum Gasteiger partial charge on any atom is 0.223 e. The summed E-state index contributed by atoms with van der Waals surface area (Å²) in [5.74, 6) is -0.283. The fourth-order valence-electron chi connectivity index (χ4n) is 2.16. The lowest BCUT2D eigenvalue weighted by Crippen LogP contribution is -2.37.